The Kier molecular flexibility index (Phi) is 10.3. The molecule has 2 atom stereocenters. The summed E-state index contributed by atoms with van der Waals surface area (Å²) in [4.78, 5) is 0. The summed E-state index contributed by atoms with van der Waals surface area (Å²) in [6.07, 6.45) is 3.73. The third-order valence-corrected chi connectivity index (χ3v) is 2.59. The highest BCUT2D eigenvalue weighted by molar-refractivity contribution is 4.74. The van der Waals surface area contributed by atoms with Crippen LogP contribution in [0.25, 0.3) is 0 Å². The first kappa shape index (κ1) is 14.9. The van der Waals surface area contributed by atoms with Crippen molar-refractivity contribution in [3.63, 3.8) is 0 Å². The fraction of sp³-hybridized carbons (Fsp3) is 1.00. The van der Waals surface area contributed by atoms with E-state index in [1.165, 1.54) is 12.8 Å². The molecule has 92 valence electrons. The van der Waals surface area contributed by atoms with Gasteiger partial charge in [0, 0.05) is 12.6 Å². The van der Waals surface area contributed by atoms with Crippen molar-refractivity contribution in [2.45, 2.75) is 52.2 Å². The molecule has 0 saturated heterocycles. The van der Waals surface area contributed by atoms with Gasteiger partial charge in [-0.15, -0.1) is 0 Å². The molecule has 0 saturated carbocycles. The molecule has 0 amide bonds. The van der Waals surface area contributed by atoms with Gasteiger partial charge in [-0.25, -0.2) is 0 Å². The Hall–Kier alpha value is -0.120. The SMILES string of the molecule is CCCC(NC)C(CC)OCCOCC. The van der Waals surface area contributed by atoms with Crippen LogP contribution >= 0.6 is 0 Å². The van der Waals surface area contributed by atoms with Gasteiger partial charge in [0.25, 0.3) is 0 Å². The van der Waals surface area contributed by atoms with Gasteiger partial charge in [-0.3, -0.25) is 0 Å². The fourth-order valence-electron chi connectivity index (χ4n) is 1.75. The molecule has 0 bridgehead atoms. The van der Waals surface area contributed by atoms with Crippen LogP contribution in [0.3, 0.4) is 0 Å². The molecule has 0 aliphatic carbocycles. The molecule has 0 aromatic rings. The average molecular weight is 217 g/mol. The predicted octanol–water partition coefficient (Wildman–Crippen LogP) is 2.21. The Bertz CT molecular complexity index is 131. The lowest BCUT2D eigenvalue weighted by molar-refractivity contribution is -0.0113. The number of hydrogen-bond donors (Lipinski definition) is 1. The Labute approximate surface area is 94.5 Å². The van der Waals surface area contributed by atoms with Crippen LogP contribution in [-0.2, 0) is 9.47 Å². The summed E-state index contributed by atoms with van der Waals surface area (Å²) in [6.45, 7) is 8.56. The first-order valence-electron chi connectivity index (χ1n) is 6.16. The summed E-state index contributed by atoms with van der Waals surface area (Å²) in [7, 11) is 2.01. The summed E-state index contributed by atoms with van der Waals surface area (Å²) in [5.74, 6) is 0. The fourth-order valence-corrected chi connectivity index (χ4v) is 1.75. The number of hydrogen-bond acceptors (Lipinski definition) is 3. The van der Waals surface area contributed by atoms with Crippen LogP contribution in [0.4, 0.5) is 0 Å². The van der Waals surface area contributed by atoms with Gasteiger partial charge in [0.05, 0.1) is 19.3 Å². The molecule has 0 aromatic carbocycles. The number of nitrogens with one attached hydrogen (secondary N) is 1. The van der Waals surface area contributed by atoms with Gasteiger partial charge >= 0.3 is 0 Å². The molecule has 0 radical (unpaired) electrons. The summed E-state index contributed by atoms with van der Waals surface area (Å²) in [5, 5.41) is 3.33. The minimum Gasteiger partial charge on any atom is -0.379 e. The van der Waals surface area contributed by atoms with Gasteiger partial charge in [-0.2, -0.15) is 0 Å². The highest BCUT2D eigenvalue weighted by Crippen LogP contribution is 2.09. The topological polar surface area (TPSA) is 30.5 Å². The largest absolute Gasteiger partial charge is 0.379 e. The summed E-state index contributed by atoms with van der Waals surface area (Å²) in [6, 6.07) is 0.474. The van der Waals surface area contributed by atoms with E-state index in [1.54, 1.807) is 0 Å². The maximum atomic E-state index is 5.81. The van der Waals surface area contributed by atoms with Crippen molar-refractivity contribution < 1.29 is 9.47 Å². The van der Waals surface area contributed by atoms with Crippen molar-refractivity contribution in [1.82, 2.24) is 5.32 Å². The normalized spacial score (nSPS) is 15.2. The van der Waals surface area contributed by atoms with E-state index >= 15 is 0 Å². The van der Waals surface area contributed by atoms with Gasteiger partial charge in [0.1, 0.15) is 0 Å². The summed E-state index contributed by atoms with van der Waals surface area (Å²) < 4.78 is 11.1. The van der Waals surface area contributed by atoms with E-state index in [0.717, 1.165) is 13.0 Å². The third-order valence-electron chi connectivity index (χ3n) is 2.59. The van der Waals surface area contributed by atoms with Crippen LogP contribution in [0.5, 0.6) is 0 Å². The maximum absolute atomic E-state index is 5.81. The zero-order valence-electron chi connectivity index (χ0n) is 10.7. The highest BCUT2D eigenvalue weighted by Gasteiger charge is 2.17. The van der Waals surface area contributed by atoms with E-state index < -0.39 is 0 Å². The molecule has 0 aromatic heterocycles. The van der Waals surface area contributed by atoms with Crippen molar-refractivity contribution in [3.05, 3.63) is 0 Å². The molecule has 3 heteroatoms. The quantitative estimate of drug-likeness (QED) is 0.569. The van der Waals surface area contributed by atoms with Gasteiger partial charge < -0.3 is 14.8 Å². The molecular formula is C12H27NO2. The zero-order valence-corrected chi connectivity index (χ0v) is 10.7. The summed E-state index contributed by atoms with van der Waals surface area (Å²) in [5.41, 5.74) is 0. The van der Waals surface area contributed by atoms with Gasteiger partial charge in [0.15, 0.2) is 0 Å². The molecule has 0 aliphatic rings. The summed E-state index contributed by atoms with van der Waals surface area (Å²) >= 11 is 0. The zero-order chi connectivity index (χ0) is 11.5. The standard InChI is InChI=1S/C12H27NO2/c1-5-8-11(13-4)12(6-2)15-10-9-14-7-3/h11-13H,5-10H2,1-4H3. The molecule has 15 heavy (non-hydrogen) atoms. The van der Waals surface area contributed by atoms with Crippen molar-refractivity contribution in [2.75, 3.05) is 26.9 Å². The lowest BCUT2D eigenvalue weighted by Crippen LogP contribution is -2.39. The molecule has 3 nitrogen and oxygen atoms in total. The monoisotopic (exact) mass is 217 g/mol. The average Bonchev–Trinajstić information content (AvgIpc) is 2.27. The van der Waals surface area contributed by atoms with E-state index in [9.17, 15) is 0 Å². The van der Waals surface area contributed by atoms with Crippen LogP contribution < -0.4 is 5.32 Å². The molecule has 0 spiro atoms. The second-order valence-corrected chi connectivity index (χ2v) is 3.70. The van der Waals surface area contributed by atoms with E-state index in [4.69, 9.17) is 9.47 Å². The van der Waals surface area contributed by atoms with E-state index in [1.807, 2.05) is 14.0 Å². The van der Waals surface area contributed by atoms with Gasteiger partial charge in [0.2, 0.25) is 0 Å². The Morgan fingerprint density at radius 2 is 1.87 bits per heavy atom. The van der Waals surface area contributed by atoms with Crippen molar-refractivity contribution in [2.24, 2.45) is 0 Å². The van der Waals surface area contributed by atoms with Crippen LogP contribution in [0.15, 0.2) is 0 Å². The Morgan fingerprint density at radius 1 is 1.13 bits per heavy atom. The minimum atomic E-state index is 0.315. The van der Waals surface area contributed by atoms with Gasteiger partial charge in [-0.1, -0.05) is 20.3 Å². The lowest BCUT2D eigenvalue weighted by atomic mass is 10.0. The minimum absolute atomic E-state index is 0.315. The van der Waals surface area contributed by atoms with Crippen molar-refractivity contribution in [1.29, 1.82) is 0 Å². The Balaban J connectivity index is 3.76. The molecule has 0 fully saturated rings. The van der Waals surface area contributed by atoms with E-state index in [2.05, 4.69) is 19.2 Å². The van der Waals surface area contributed by atoms with Crippen LogP contribution in [0.1, 0.15) is 40.0 Å². The number of rotatable bonds is 10. The molecule has 1 N–H and O–H groups in total. The van der Waals surface area contributed by atoms with E-state index in [0.29, 0.717) is 25.4 Å². The molecule has 0 aliphatic heterocycles. The van der Waals surface area contributed by atoms with Crippen LogP contribution in [0.2, 0.25) is 0 Å². The van der Waals surface area contributed by atoms with Gasteiger partial charge in [-0.05, 0) is 26.8 Å². The molecule has 0 heterocycles. The second kappa shape index (κ2) is 10.4. The molecule has 2 unspecified atom stereocenters. The molecular weight excluding hydrogens is 190 g/mol. The van der Waals surface area contributed by atoms with E-state index in [-0.39, 0.29) is 0 Å². The first-order chi connectivity index (χ1) is 7.29. The van der Waals surface area contributed by atoms with Crippen molar-refractivity contribution in [3.8, 4) is 0 Å². The second-order valence-electron chi connectivity index (χ2n) is 3.70. The van der Waals surface area contributed by atoms with Crippen LogP contribution in [0, 0.1) is 0 Å². The smallest absolute Gasteiger partial charge is 0.0726 e. The van der Waals surface area contributed by atoms with Crippen molar-refractivity contribution >= 4 is 0 Å². The maximum Gasteiger partial charge on any atom is 0.0726 e. The first-order valence-corrected chi connectivity index (χ1v) is 6.16. The lowest BCUT2D eigenvalue weighted by Gasteiger charge is -2.25. The third kappa shape index (κ3) is 6.88. The predicted molar refractivity (Wildman–Crippen MR) is 64.3 cm³/mol. The Morgan fingerprint density at radius 3 is 2.33 bits per heavy atom. The van der Waals surface area contributed by atoms with Crippen LogP contribution in [-0.4, -0.2) is 39.0 Å². The highest BCUT2D eigenvalue weighted by atomic mass is 16.5. The number of ether oxygens (including phenoxy) is 2. The molecule has 0 rings (SSSR count). The number of likely N-dealkylation sites (N-methyl/N-ethyl adjacent to an activating group) is 1.